The molecule has 2 atom stereocenters. The Bertz CT molecular complexity index is 1010. The van der Waals surface area contributed by atoms with E-state index in [9.17, 15) is 10.2 Å². The smallest absolute Gasteiger partial charge is 0.119 e. The van der Waals surface area contributed by atoms with Gasteiger partial charge in [-0.25, -0.2) is 0 Å². The van der Waals surface area contributed by atoms with Crippen molar-refractivity contribution >= 4 is 0 Å². The molecule has 0 saturated carbocycles. The summed E-state index contributed by atoms with van der Waals surface area (Å²) in [5.74, 6) is 1.65. The molecule has 0 bridgehead atoms. The van der Waals surface area contributed by atoms with Crippen molar-refractivity contribution in [1.29, 1.82) is 0 Å². The number of rotatable bonds is 18. The van der Waals surface area contributed by atoms with Crippen LogP contribution in [0.1, 0.15) is 101 Å². The summed E-state index contributed by atoms with van der Waals surface area (Å²) in [6, 6.07) is 23.4. The molecule has 0 radical (unpaired) electrons. The third-order valence-corrected chi connectivity index (χ3v) is 7.20. The highest BCUT2D eigenvalue weighted by Gasteiger charge is 2.16. The topological polar surface area (TPSA) is 58.9 Å². The van der Waals surface area contributed by atoms with Gasteiger partial charge in [0.2, 0.25) is 0 Å². The lowest BCUT2D eigenvalue weighted by Crippen LogP contribution is -2.05. The Morgan fingerprint density at radius 3 is 1.47 bits per heavy atom. The first-order chi connectivity index (χ1) is 18.6. The van der Waals surface area contributed by atoms with Gasteiger partial charge in [-0.3, -0.25) is 0 Å². The van der Waals surface area contributed by atoms with Crippen LogP contribution in [0.25, 0.3) is 11.1 Å². The van der Waals surface area contributed by atoms with E-state index < -0.39 is 12.2 Å². The molecule has 0 heterocycles. The maximum Gasteiger partial charge on any atom is 0.119 e. The highest BCUT2D eigenvalue weighted by atomic mass is 16.5. The van der Waals surface area contributed by atoms with E-state index >= 15 is 0 Å². The Morgan fingerprint density at radius 1 is 0.553 bits per heavy atom. The molecule has 0 fully saturated rings. The first-order valence-corrected chi connectivity index (χ1v) is 14.4. The third-order valence-electron chi connectivity index (χ3n) is 7.20. The van der Waals surface area contributed by atoms with Gasteiger partial charge in [-0.1, -0.05) is 113 Å². The largest absolute Gasteiger partial charge is 0.497 e. The zero-order chi connectivity index (χ0) is 27.0. The Labute approximate surface area is 229 Å². The van der Waals surface area contributed by atoms with Crippen molar-refractivity contribution in [2.45, 2.75) is 89.8 Å². The predicted octanol–water partition coefficient (Wildman–Crippen LogP) is 8.82. The first-order valence-electron chi connectivity index (χ1n) is 14.4. The Kier molecular flexibility index (Phi) is 13.2. The van der Waals surface area contributed by atoms with E-state index in [0.717, 1.165) is 46.8 Å². The molecule has 2 unspecified atom stereocenters. The van der Waals surface area contributed by atoms with E-state index in [4.69, 9.17) is 9.47 Å². The van der Waals surface area contributed by atoms with Crippen LogP contribution in [0.3, 0.4) is 0 Å². The molecule has 0 aliphatic rings. The number of aliphatic hydroxyl groups is 2. The lowest BCUT2D eigenvalue weighted by Gasteiger charge is -2.17. The monoisotopic (exact) mass is 518 g/mol. The number of methoxy groups -OCH3 is 1. The molecule has 0 aromatic heterocycles. The van der Waals surface area contributed by atoms with Gasteiger partial charge in [-0.2, -0.15) is 0 Å². The van der Waals surface area contributed by atoms with Crippen molar-refractivity contribution < 1.29 is 19.7 Å². The van der Waals surface area contributed by atoms with E-state index in [1.807, 2.05) is 60.7 Å². The van der Waals surface area contributed by atoms with Crippen LogP contribution in [0.5, 0.6) is 11.5 Å². The van der Waals surface area contributed by atoms with E-state index in [0.29, 0.717) is 0 Å². The summed E-state index contributed by atoms with van der Waals surface area (Å²) >= 11 is 0. The van der Waals surface area contributed by atoms with Crippen molar-refractivity contribution in [3.8, 4) is 22.6 Å². The fourth-order valence-corrected chi connectivity index (χ4v) is 4.73. The number of hydrogen-bond acceptors (Lipinski definition) is 4. The molecule has 4 nitrogen and oxygen atoms in total. The minimum Gasteiger partial charge on any atom is -0.497 e. The fourth-order valence-electron chi connectivity index (χ4n) is 4.73. The van der Waals surface area contributed by atoms with Gasteiger partial charge in [0.15, 0.2) is 0 Å². The van der Waals surface area contributed by atoms with Crippen LogP contribution in [-0.4, -0.2) is 23.9 Å². The van der Waals surface area contributed by atoms with Crippen molar-refractivity contribution in [3.63, 3.8) is 0 Å². The van der Waals surface area contributed by atoms with Crippen molar-refractivity contribution in [1.82, 2.24) is 0 Å². The van der Waals surface area contributed by atoms with Crippen LogP contribution in [-0.2, 0) is 0 Å². The minimum absolute atomic E-state index is 0.233. The molecule has 0 spiro atoms. The van der Waals surface area contributed by atoms with Crippen molar-refractivity contribution in [2.75, 3.05) is 13.7 Å². The fraction of sp³-hybridized carbons (Fsp3) is 0.471. The van der Waals surface area contributed by atoms with Gasteiger partial charge >= 0.3 is 0 Å². The number of ether oxygens (including phenoxy) is 2. The number of benzene rings is 3. The summed E-state index contributed by atoms with van der Waals surface area (Å²) < 4.78 is 11.1. The summed E-state index contributed by atoms with van der Waals surface area (Å²) in [6.45, 7) is 3.04. The molecule has 0 saturated heterocycles. The quantitative estimate of drug-likeness (QED) is 0.165. The van der Waals surface area contributed by atoms with Crippen LogP contribution >= 0.6 is 0 Å². The molecule has 4 heteroatoms. The van der Waals surface area contributed by atoms with E-state index in [-0.39, 0.29) is 6.42 Å². The lowest BCUT2D eigenvalue weighted by molar-refractivity contribution is 0.0804. The molecule has 0 aliphatic heterocycles. The van der Waals surface area contributed by atoms with Gasteiger partial charge in [-0.05, 0) is 52.9 Å². The van der Waals surface area contributed by atoms with Gasteiger partial charge in [-0.15, -0.1) is 0 Å². The summed E-state index contributed by atoms with van der Waals surface area (Å²) in [7, 11) is 1.61. The van der Waals surface area contributed by atoms with Crippen LogP contribution in [0.2, 0.25) is 0 Å². The minimum atomic E-state index is -0.747. The summed E-state index contributed by atoms with van der Waals surface area (Å²) in [5, 5.41) is 21.2. The van der Waals surface area contributed by atoms with Gasteiger partial charge in [0, 0.05) is 6.42 Å². The van der Waals surface area contributed by atoms with E-state index in [2.05, 4.69) is 19.1 Å². The Hall–Kier alpha value is -2.82. The molecule has 3 rings (SSSR count). The second-order valence-corrected chi connectivity index (χ2v) is 10.2. The standard InChI is InChI=1S/C34H46O4/c1-3-4-5-6-7-8-9-10-11-12-25-38-32-23-17-28(18-24-32)27-13-15-29(16-14-27)33(35)26-34(36)30-19-21-31(37-2)22-20-30/h13-24,33-36H,3-12,25-26H2,1-2H3. The highest BCUT2D eigenvalue weighted by Crippen LogP contribution is 2.29. The molecule has 206 valence electrons. The molecular formula is C34H46O4. The molecule has 38 heavy (non-hydrogen) atoms. The molecule has 2 N–H and O–H groups in total. The average Bonchev–Trinajstić information content (AvgIpc) is 2.96. The molecule has 3 aromatic carbocycles. The first kappa shape index (κ1) is 29.7. The number of hydrogen-bond donors (Lipinski definition) is 2. The second-order valence-electron chi connectivity index (χ2n) is 10.2. The number of unbranched alkanes of at least 4 members (excludes halogenated alkanes) is 9. The van der Waals surface area contributed by atoms with Crippen LogP contribution < -0.4 is 9.47 Å². The molecule has 0 aliphatic carbocycles. The number of aliphatic hydroxyl groups excluding tert-OH is 2. The van der Waals surface area contributed by atoms with Crippen molar-refractivity contribution in [2.24, 2.45) is 0 Å². The van der Waals surface area contributed by atoms with Crippen molar-refractivity contribution in [3.05, 3.63) is 83.9 Å². The van der Waals surface area contributed by atoms with Crippen LogP contribution in [0.4, 0.5) is 0 Å². The third kappa shape index (κ3) is 10.2. The van der Waals surface area contributed by atoms with Crippen LogP contribution in [0.15, 0.2) is 72.8 Å². The summed E-state index contributed by atoms with van der Waals surface area (Å²) in [6.07, 6.45) is 12.0. The molecule has 0 amide bonds. The normalized spacial score (nSPS) is 12.7. The second kappa shape index (κ2) is 16.9. The summed E-state index contributed by atoms with van der Waals surface area (Å²) in [5.41, 5.74) is 3.74. The van der Waals surface area contributed by atoms with Gasteiger partial charge in [0.05, 0.1) is 25.9 Å². The maximum atomic E-state index is 10.7. The predicted molar refractivity (Wildman–Crippen MR) is 157 cm³/mol. The maximum absolute atomic E-state index is 10.7. The lowest BCUT2D eigenvalue weighted by atomic mass is 9.97. The Balaban J connectivity index is 1.37. The Morgan fingerprint density at radius 2 is 0.974 bits per heavy atom. The molecule has 3 aromatic rings. The van der Waals surface area contributed by atoms with Gasteiger partial charge in [0.25, 0.3) is 0 Å². The zero-order valence-corrected chi connectivity index (χ0v) is 23.3. The van der Waals surface area contributed by atoms with Gasteiger partial charge < -0.3 is 19.7 Å². The average molecular weight is 519 g/mol. The zero-order valence-electron chi connectivity index (χ0n) is 23.3. The summed E-state index contributed by atoms with van der Waals surface area (Å²) in [4.78, 5) is 0. The highest BCUT2D eigenvalue weighted by molar-refractivity contribution is 5.64. The van der Waals surface area contributed by atoms with E-state index in [1.165, 1.54) is 57.8 Å². The van der Waals surface area contributed by atoms with E-state index in [1.54, 1.807) is 7.11 Å². The molecular weight excluding hydrogens is 472 g/mol. The van der Waals surface area contributed by atoms with Crippen LogP contribution in [0, 0.1) is 0 Å². The SMILES string of the molecule is CCCCCCCCCCCCOc1ccc(-c2ccc(C(O)CC(O)c3ccc(OC)cc3)cc2)cc1. The van der Waals surface area contributed by atoms with Gasteiger partial charge in [0.1, 0.15) is 11.5 Å².